The number of nitrogens with one attached hydrogen (secondary N) is 1. The molecule has 32 heavy (non-hydrogen) atoms. The molecule has 0 saturated heterocycles. The van der Waals surface area contributed by atoms with Crippen molar-refractivity contribution in [3.05, 3.63) is 50.6 Å². The molecule has 0 spiro atoms. The normalized spacial score (nSPS) is 13.4. The van der Waals surface area contributed by atoms with E-state index in [-0.39, 0.29) is 17.2 Å². The fourth-order valence-electron chi connectivity index (χ4n) is 4.11. The summed E-state index contributed by atoms with van der Waals surface area (Å²) < 4.78 is 3.21. The van der Waals surface area contributed by atoms with Crippen LogP contribution in [0.25, 0.3) is 16.7 Å². The van der Waals surface area contributed by atoms with Crippen LogP contribution in [0, 0.1) is 0 Å². The van der Waals surface area contributed by atoms with Gasteiger partial charge >= 0.3 is 0 Å². The van der Waals surface area contributed by atoms with Gasteiger partial charge in [-0.1, -0.05) is 23.9 Å². The highest BCUT2D eigenvalue weighted by molar-refractivity contribution is 7.99. The molecule has 1 aromatic carbocycles. The zero-order chi connectivity index (χ0) is 22.4. The van der Waals surface area contributed by atoms with E-state index in [1.165, 1.54) is 27.7 Å². The van der Waals surface area contributed by atoms with Crippen LogP contribution in [0.15, 0.2) is 34.2 Å². The molecule has 3 aromatic heterocycles. The number of primary amides is 1. The van der Waals surface area contributed by atoms with Crippen LogP contribution in [0.1, 0.15) is 33.6 Å². The molecule has 0 radical (unpaired) electrons. The van der Waals surface area contributed by atoms with Crippen LogP contribution in [0.3, 0.4) is 0 Å². The van der Waals surface area contributed by atoms with Crippen molar-refractivity contribution in [1.29, 1.82) is 0 Å². The number of rotatable bonds is 5. The number of carbonyl (C=O) groups is 2. The van der Waals surface area contributed by atoms with Crippen molar-refractivity contribution in [1.82, 2.24) is 19.2 Å². The summed E-state index contributed by atoms with van der Waals surface area (Å²) in [5.74, 6) is -0.303. The van der Waals surface area contributed by atoms with Crippen LogP contribution in [-0.4, -0.2) is 36.7 Å². The zero-order valence-corrected chi connectivity index (χ0v) is 18.9. The number of hydrogen-bond donors (Lipinski definition) is 2. The SMILES string of the molecule is Cn1c(=O)c2ccccc2n2c(SCC(=O)Nc3sc4c(c3C(N)=O)CCCC4)nnc12. The Bertz CT molecular complexity index is 1450. The number of benzene rings is 1. The van der Waals surface area contributed by atoms with Gasteiger partial charge in [0.1, 0.15) is 5.00 Å². The first-order valence-corrected chi connectivity index (χ1v) is 12.0. The molecule has 0 unspecified atom stereocenters. The van der Waals surface area contributed by atoms with Crippen LogP contribution in [0.5, 0.6) is 0 Å². The number of para-hydroxylation sites is 1. The smallest absolute Gasteiger partial charge is 0.262 e. The highest BCUT2D eigenvalue weighted by Gasteiger charge is 2.25. The molecule has 0 atom stereocenters. The van der Waals surface area contributed by atoms with Crippen LogP contribution in [-0.2, 0) is 24.7 Å². The first-order valence-electron chi connectivity index (χ1n) is 10.2. The number of aromatic nitrogens is 4. The summed E-state index contributed by atoms with van der Waals surface area (Å²) >= 11 is 2.65. The van der Waals surface area contributed by atoms with E-state index in [0.717, 1.165) is 36.1 Å². The number of carbonyl (C=O) groups excluding carboxylic acids is 2. The number of fused-ring (bicyclic) bond motifs is 4. The maximum Gasteiger partial charge on any atom is 0.262 e. The van der Waals surface area contributed by atoms with Crippen molar-refractivity contribution in [3.63, 3.8) is 0 Å². The molecule has 11 heteroatoms. The minimum Gasteiger partial charge on any atom is -0.365 e. The molecule has 1 aliphatic rings. The molecule has 0 bridgehead atoms. The molecule has 0 saturated carbocycles. The quantitative estimate of drug-likeness (QED) is 0.433. The van der Waals surface area contributed by atoms with Gasteiger partial charge < -0.3 is 11.1 Å². The van der Waals surface area contributed by atoms with Gasteiger partial charge in [-0.25, -0.2) is 0 Å². The summed E-state index contributed by atoms with van der Waals surface area (Å²) in [4.78, 5) is 38.5. The molecule has 1 aliphatic carbocycles. The Kier molecular flexibility index (Phi) is 5.22. The molecular weight excluding hydrogens is 448 g/mol. The predicted octanol–water partition coefficient (Wildman–Crippen LogP) is 2.35. The van der Waals surface area contributed by atoms with Gasteiger partial charge in [0.05, 0.1) is 22.2 Å². The molecule has 2 amide bonds. The molecule has 164 valence electrons. The summed E-state index contributed by atoms with van der Waals surface area (Å²) in [6, 6.07) is 7.22. The second-order valence-corrected chi connectivity index (χ2v) is 9.66. The maximum absolute atomic E-state index is 12.7. The standard InChI is InChI=1S/C21H20N6O3S2/c1-26-19(30)11-6-2-4-8-13(11)27-20(26)24-25-21(27)31-10-15(28)23-18-16(17(22)29)12-7-3-5-9-14(12)32-18/h2,4,6,8H,3,5,7,9-10H2,1H3,(H2,22,29)(H,23,28). The molecule has 0 fully saturated rings. The number of thiophene rings is 1. The third-order valence-electron chi connectivity index (χ3n) is 5.60. The minimum absolute atomic E-state index is 0.0682. The third kappa shape index (κ3) is 3.37. The molecular formula is C21H20N6O3S2. The van der Waals surface area contributed by atoms with Gasteiger partial charge in [-0.05, 0) is 43.4 Å². The van der Waals surface area contributed by atoms with Crippen molar-refractivity contribution in [3.8, 4) is 0 Å². The summed E-state index contributed by atoms with van der Waals surface area (Å²) in [6.07, 6.45) is 3.81. The summed E-state index contributed by atoms with van der Waals surface area (Å²) in [5, 5.41) is 12.8. The average molecular weight is 469 g/mol. The Hall–Kier alpha value is -3.18. The van der Waals surface area contributed by atoms with Crippen molar-refractivity contribution >= 4 is 56.6 Å². The van der Waals surface area contributed by atoms with E-state index >= 15 is 0 Å². The van der Waals surface area contributed by atoms with E-state index in [1.54, 1.807) is 23.6 Å². The second-order valence-electron chi connectivity index (χ2n) is 7.62. The van der Waals surface area contributed by atoms with E-state index in [4.69, 9.17) is 5.73 Å². The van der Waals surface area contributed by atoms with Gasteiger partial charge in [0.15, 0.2) is 5.16 Å². The first-order chi connectivity index (χ1) is 15.5. The molecule has 5 rings (SSSR count). The monoisotopic (exact) mass is 468 g/mol. The number of nitrogens with zero attached hydrogens (tertiary/aromatic N) is 4. The molecule has 3 N–H and O–H groups in total. The number of thioether (sulfide) groups is 1. The fourth-order valence-corrected chi connectivity index (χ4v) is 6.16. The van der Waals surface area contributed by atoms with Gasteiger partial charge in [0.25, 0.3) is 11.5 Å². The van der Waals surface area contributed by atoms with Gasteiger partial charge in [0.2, 0.25) is 11.7 Å². The van der Waals surface area contributed by atoms with Crippen molar-refractivity contribution in [2.24, 2.45) is 12.8 Å². The predicted molar refractivity (Wildman–Crippen MR) is 125 cm³/mol. The van der Waals surface area contributed by atoms with E-state index in [2.05, 4.69) is 15.5 Å². The van der Waals surface area contributed by atoms with Crippen molar-refractivity contribution < 1.29 is 9.59 Å². The molecule has 0 aliphatic heterocycles. The number of amides is 2. The summed E-state index contributed by atoms with van der Waals surface area (Å²) in [6.45, 7) is 0. The average Bonchev–Trinajstić information content (AvgIpc) is 3.37. The highest BCUT2D eigenvalue weighted by atomic mass is 32.2. The molecule has 3 heterocycles. The first kappa shape index (κ1) is 20.7. The highest BCUT2D eigenvalue weighted by Crippen LogP contribution is 2.38. The van der Waals surface area contributed by atoms with Gasteiger partial charge in [0, 0.05) is 11.9 Å². The number of anilines is 1. The lowest BCUT2D eigenvalue weighted by Crippen LogP contribution is -2.20. The Labute approximate surface area is 190 Å². The van der Waals surface area contributed by atoms with E-state index < -0.39 is 5.91 Å². The minimum atomic E-state index is -0.511. The number of aryl methyl sites for hydroxylation is 2. The van der Waals surface area contributed by atoms with Gasteiger partial charge in [-0.3, -0.25) is 23.4 Å². The lowest BCUT2D eigenvalue weighted by molar-refractivity contribution is -0.113. The Balaban J connectivity index is 1.42. The van der Waals surface area contributed by atoms with E-state index in [1.807, 2.05) is 12.1 Å². The zero-order valence-electron chi connectivity index (χ0n) is 17.3. The van der Waals surface area contributed by atoms with Crippen molar-refractivity contribution in [2.75, 3.05) is 11.1 Å². The number of hydrogen-bond acceptors (Lipinski definition) is 7. The van der Waals surface area contributed by atoms with Gasteiger partial charge in [-0.15, -0.1) is 21.5 Å². The largest absolute Gasteiger partial charge is 0.365 e. The Morgan fingerprint density at radius 1 is 1.22 bits per heavy atom. The third-order valence-corrected chi connectivity index (χ3v) is 7.74. The lowest BCUT2D eigenvalue weighted by atomic mass is 9.95. The Morgan fingerprint density at radius 3 is 2.81 bits per heavy atom. The second kappa shape index (κ2) is 8.06. The Morgan fingerprint density at radius 2 is 2.00 bits per heavy atom. The lowest BCUT2D eigenvalue weighted by Gasteiger charge is -2.11. The van der Waals surface area contributed by atoms with Gasteiger partial charge in [-0.2, -0.15) is 0 Å². The summed E-state index contributed by atoms with van der Waals surface area (Å²) in [5.41, 5.74) is 7.56. The maximum atomic E-state index is 12.7. The topological polar surface area (TPSA) is 124 Å². The summed E-state index contributed by atoms with van der Waals surface area (Å²) in [7, 11) is 1.64. The van der Waals surface area contributed by atoms with Crippen LogP contribution in [0.4, 0.5) is 5.00 Å². The van der Waals surface area contributed by atoms with Crippen LogP contribution < -0.4 is 16.6 Å². The van der Waals surface area contributed by atoms with Crippen LogP contribution >= 0.6 is 23.1 Å². The molecule has 4 aromatic rings. The number of nitrogens with two attached hydrogens (primary N) is 1. The fraction of sp³-hybridized carbons (Fsp3) is 0.286. The van der Waals surface area contributed by atoms with Crippen molar-refractivity contribution in [2.45, 2.75) is 30.8 Å². The van der Waals surface area contributed by atoms with E-state index in [0.29, 0.717) is 32.4 Å². The molecule has 9 nitrogen and oxygen atoms in total. The van der Waals surface area contributed by atoms with E-state index in [9.17, 15) is 14.4 Å². The van der Waals surface area contributed by atoms with Crippen LogP contribution in [0.2, 0.25) is 0 Å².